The summed E-state index contributed by atoms with van der Waals surface area (Å²) in [5, 5.41) is 7.42. The van der Waals surface area contributed by atoms with Crippen LogP contribution in [0.2, 0.25) is 0 Å². The molecule has 1 aromatic carbocycles. The average Bonchev–Trinajstić information content (AvgIpc) is 2.54. The lowest BCUT2D eigenvalue weighted by atomic mass is 10.3. The number of fused-ring (bicyclic) bond motifs is 1. The molecule has 2 aromatic rings. The first-order chi connectivity index (χ1) is 5.83. The minimum absolute atomic E-state index is 0.631. The number of halogens is 1. The summed E-state index contributed by atoms with van der Waals surface area (Å²) in [4.78, 5) is 0. The van der Waals surface area contributed by atoms with Gasteiger partial charge in [0.15, 0.2) is 11.0 Å². The van der Waals surface area contributed by atoms with E-state index in [2.05, 4.69) is 30.9 Å². The van der Waals surface area contributed by atoms with Crippen LogP contribution in [-0.4, -0.2) is 17.4 Å². The van der Waals surface area contributed by atoms with Crippen molar-refractivity contribution in [2.75, 3.05) is 7.11 Å². The van der Waals surface area contributed by atoms with E-state index in [0.29, 0.717) is 16.8 Å². The zero-order chi connectivity index (χ0) is 8.55. The highest BCUT2D eigenvalue weighted by Gasteiger charge is 2.09. The Kier molecular flexibility index (Phi) is 1.73. The fourth-order valence-corrected chi connectivity index (χ4v) is 1.37. The van der Waals surface area contributed by atoms with Gasteiger partial charge in [0, 0.05) is 4.47 Å². The van der Waals surface area contributed by atoms with E-state index in [4.69, 9.17) is 4.74 Å². The normalized spacial score (nSPS) is 10.5. The van der Waals surface area contributed by atoms with Crippen LogP contribution in [-0.2, 0) is 0 Å². The van der Waals surface area contributed by atoms with Crippen molar-refractivity contribution in [3.8, 4) is 5.75 Å². The monoisotopic (exact) mass is 228 g/mol. The molecule has 1 aromatic heterocycles. The fourth-order valence-electron chi connectivity index (χ4n) is 0.978. The first kappa shape index (κ1) is 7.54. The van der Waals surface area contributed by atoms with Gasteiger partial charge in [-0.25, -0.2) is 4.63 Å². The topological polar surface area (TPSA) is 48.2 Å². The third-order valence-corrected chi connectivity index (χ3v) is 2.19. The van der Waals surface area contributed by atoms with Crippen molar-refractivity contribution < 1.29 is 9.37 Å². The predicted octanol–water partition coefficient (Wildman–Crippen LogP) is 1.99. The standard InChI is InChI=1S/C7H5BrN2O2/c1-11-5-3-2-4(8)6-7(5)10-12-9-6/h2-3H,1H3. The van der Waals surface area contributed by atoms with Crippen LogP contribution in [0.5, 0.6) is 5.75 Å². The van der Waals surface area contributed by atoms with Crippen molar-refractivity contribution >= 4 is 27.0 Å². The van der Waals surface area contributed by atoms with E-state index in [1.165, 1.54) is 0 Å². The summed E-state index contributed by atoms with van der Waals surface area (Å²) in [5.74, 6) is 0.662. The highest BCUT2D eigenvalue weighted by molar-refractivity contribution is 9.10. The molecule has 0 amide bonds. The Morgan fingerprint density at radius 3 is 2.83 bits per heavy atom. The number of ether oxygens (including phenoxy) is 1. The molecule has 0 N–H and O–H groups in total. The number of aromatic nitrogens is 2. The summed E-state index contributed by atoms with van der Waals surface area (Å²) in [6, 6.07) is 3.64. The molecule has 0 aliphatic heterocycles. The molecule has 1 heterocycles. The van der Waals surface area contributed by atoms with Gasteiger partial charge in [-0.05, 0) is 38.4 Å². The van der Waals surface area contributed by atoms with Crippen LogP contribution in [0, 0.1) is 0 Å². The van der Waals surface area contributed by atoms with E-state index in [-0.39, 0.29) is 0 Å². The Labute approximate surface area is 76.6 Å². The summed E-state index contributed by atoms with van der Waals surface area (Å²) >= 11 is 3.32. The van der Waals surface area contributed by atoms with Crippen molar-refractivity contribution in [1.29, 1.82) is 0 Å². The molecule has 12 heavy (non-hydrogen) atoms. The first-order valence-corrected chi connectivity index (χ1v) is 4.07. The quantitative estimate of drug-likeness (QED) is 0.750. The third kappa shape index (κ3) is 0.972. The van der Waals surface area contributed by atoms with Gasteiger partial charge in [-0.2, -0.15) is 0 Å². The largest absolute Gasteiger partial charge is 0.494 e. The Morgan fingerprint density at radius 1 is 1.33 bits per heavy atom. The number of hydrogen-bond donors (Lipinski definition) is 0. The van der Waals surface area contributed by atoms with Gasteiger partial charge in [0.25, 0.3) is 0 Å². The van der Waals surface area contributed by atoms with Crippen LogP contribution in [0.1, 0.15) is 0 Å². The van der Waals surface area contributed by atoms with E-state index in [1.54, 1.807) is 13.2 Å². The van der Waals surface area contributed by atoms with Gasteiger partial charge < -0.3 is 4.74 Å². The van der Waals surface area contributed by atoms with Gasteiger partial charge in [0.1, 0.15) is 5.75 Å². The molecule has 4 nitrogen and oxygen atoms in total. The Hall–Kier alpha value is -1.10. The first-order valence-electron chi connectivity index (χ1n) is 3.27. The smallest absolute Gasteiger partial charge is 0.178 e. The molecule has 0 bridgehead atoms. The van der Waals surface area contributed by atoms with Gasteiger partial charge in [-0.15, -0.1) is 0 Å². The van der Waals surface area contributed by atoms with Crippen molar-refractivity contribution in [2.24, 2.45) is 0 Å². The summed E-state index contributed by atoms with van der Waals surface area (Å²) in [6.45, 7) is 0. The van der Waals surface area contributed by atoms with Crippen molar-refractivity contribution in [1.82, 2.24) is 10.3 Å². The molecule has 0 unspecified atom stereocenters. The minimum atomic E-state index is 0.631. The van der Waals surface area contributed by atoms with E-state index in [0.717, 1.165) is 4.47 Å². The number of hydrogen-bond acceptors (Lipinski definition) is 4. The van der Waals surface area contributed by atoms with Crippen LogP contribution >= 0.6 is 15.9 Å². The van der Waals surface area contributed by atoms with Crippen LogP contribution < -0.4 is 4.74 Å². The van der Waals surface area contributed by atoms with Crippen molar-refractivity contribution in [3.63, 3.8) is 0 Å². The lowest BCUT2D eigenvalue weighted by Crippen LogP contribution is -1.84. The zero-order valence-corrected chi connectivity index (χ0v) is 7.83. The van der Waals surface area contributed by atoms with Crippen molar-refractivity contribution in [3.05, 3.63) is 16.6 Å². The Bertz CT molecular complexity index is 413. The Balaban J connectivity index is 2.82. The Morgan fingerprint density at radius 2 is 2.08 bits per heavy atom. The highest BCUT2D eigenvalue weighted by Crippen LogP contribution is 2.28. The second kappa shape index (κ2) is 2.75. The summed E-state index contributed by atoms with van der Waals surface area (Å²) in [6.07, 6.45) is 0. The van der Waals surface area contributed by atoms with Crippen LogP contribution in [0.3, 0.4) is 0 Å². The maximum atomic E-state index is 5.06. The molecule has 0 atom stereocenters. The SMILES string of the molecule is COc1ccc(Br)c2nonc12. The van der Waals surface area contributed by atoms with Gasteiger partial charge in [0.05, 0.1) is 7.11 Å². The van der Waals surface area contributed by atoms with Crippen LogP contribution in [0.4, 0.5) is 0 Å². The predicted molar refractivity (Wildman–Crippen MR) is 46.1 cm³/mol. The molecular weight excluding hydrogens is 224 g/mol. The lowest BCUT2D eigenvalue weighted by Gasteiger charge is -1.98. The number of benzene rings is 1. The molecule has 0 aliphatic rings. The van der Waals surface area contributed by atoms with Gasteiger partial charge in [-0.3, -0.25) is 0 Å². The summed E-state index contributed by atoms with van der Waals surface area (Å²) < 4.78 is 10.5. The number of nitrogens with zero attached hydrogens (tertiary/aromatic N) is 2. The average molecular weight is 229 g/mol. The van der Waals surface area contributed by atoms with Crippen LogP contribution in [0.15, 0.2) is 21.2 Å². The number of methoxy groups -OCH3 is 1. The maximum Gasteiger partial charge on any atom is 0.178 e. The van der Waals surface area contributed by atoms with E-state index in [9.17, 15) is 0 Å². The second-order valence-corrected chi connectivity index (χ2v) is 3.07. The summed E-state index contributed by atoms with van der Waals surface area (Å²) in [5.41, 5.74) is 1.31. The second-order valence-electron chi connectivity index (χ2n) is 2.21. The van der Waals surface area contributed by atoms with Crippen molar-refractivity contribution in [2.45, 2.75) is 0 Å². The summed E-state index contributed by atoms with van der Waals surface area (Å²) in [7, 11) is 1.58. The lowest BCUT2D eigenvalue weighted by molar-refractivity contribution is 0.313. The molecule has 0 saturated carbocycles. The number of rotatable bonds is 1. The fraction of sp³-hybridized carbons (Fsp3) is 0.143. The molecule has 5 heteroatoms. The van der Waals surface area contributed by atoms with E-state index >= 15 is 0 Å². The maximum absolute atomic E-state index is 5.06. The molecule has 0 aliphatic carbocycles. The molecular formula is C7H5BrN2O2. The van der Waals surface area contributed by atoms with Gasteiger partial charge in [-0.1, -0.05) is 0 Å². The molecule has 2 rings (SSSR count). The van der Waals surface area contributed by atoms with Crippen LogP contribution in [0.25, 0.3) is 11.0 Å². The minimum Gasteiger partial charge on any atom is -0.494 e. The van der Waals surface area contributed by atoms with E-state index < -0.39 is 0 Å². The third-order valence-electron chi connectivity index (χ3n) is 1.55. The molecule has 0 radical (unpaired) electrons. The van der Waals surface area contributed by atoms with Gasteiger partial charge in [0.2, 0.25) is 0 Å². The molecule has 0 saturated heterocycles. The highest BCUT2D eigenvalue weighted by atomic mass is 79.9. The molecule has 0 fully saturated rings. The zero-order valence-electron chi connectivity index (χ0n) is 6.24. The molecule has 0 spiro atoms. The van der Waals surface area contributed by atoms with E-state index in [1.807, 2.05) is 6.07 Å². The van der Waals surface area contributed by atoms with Gasteiger partial charge >= 0.3 is 0 Å². The molecule has 62 valence electrons.